The van der Waals surface area contributed by atoms with E-state index in [0.29, 0.717) is 15.9 Å². The summed E-state index contributed by atoms with van der Waals surface area (Å²) in [6, 6.07) is 9.45. The van der Waals surface area contributed by atoms with Crippen molar-refractivity contribution in [2.24, 2.45) is 0 Å². The molecular weight excluding hydrogens is 460 g/mol. The summed E-state index contributed by atoms with van der Waals surface area (Å²) in [4.78, 5) is 14.9. The molecule has 0 spiro atoms. The summed E-state index contributed by atoms with van der Waals surface area (Å²) in [6.07, 6.45) is 3.84. The number of aryl methyl sites for hydroxylation is 1. The van der Waals surface area contributed by atoms with Crippen LogP contribution in [0.1, 0.15) is 29.8 Å². The molecule has 10 heteroatoms. The van der Waals surface area contributed by atoms with Gasteiger partial charge in [0.2, 0.25) is 10.3 Å². The Morgan fingerprint density at radius 3 is 2.70 bits per heavy atom. The molecule has 2 aromatic heterocycles. The average molecular weight is 483 g/mol. The Bertz CT molecular complexity index is 1270. The van der Waals surface area contributed by atoms with Crippen LogP contribution in [0, 0.1) is 25.2 Å². The number of amides is 1. The van der Waals surface area contributed by atoms with Crippen LogP contribution in [0.4, 0.5) is 10.3 Å². The molecule has 1 aliphatic rings. The number of rotatable bonds is 6. The third-order valence-electron chi connectivity index (χ3n) is 5.54. The number of aromatic nitrogens is 3. The molecular formula is C23H23ClN6O2S. The largest absolute Gasteiger partial charge is 0.495 e. The average Bonchev–Trinajstić information content (AvgIpc) is 3.53. The number of carbonyl (C=O) groups is 1. The molecule has 0 atom stereocenters. The van der Waals surface area contributed by atoms with Crippen LogP contribution in [0.5, 0.6) is 5.75 Å². The zero-order valence-corrected chi connectivity index (χ0v) is 20.1. The topological polar surface area (TPSA) is 96.1 Å². The van der Waals surface area contributed by atoms with Gasteiger partial charge in [0, 0.05) is 30.2 Å². The first-order chi connectivity index (χ1) is 15.9. The number of methoxy groups -OCH3 is 1. The van der Waals surface area contributed by atoms with Gasteiger partial charge in [-0.15, -0.1) is 10.2 Å². The molecule has 1 amide bonds. The Labute approximate surface area is 201 Å². The van der Waals surface area contributed by atoms with Crippen molar-refractivity contribution in [2.75, 3.05) is 30.4 Å². The number of hydrogen-bond acceptors (Lipinski definition) is 7. The summed E-state index contributed by atoms with van der Waals surface area (Å²) in [6.45, 7) is 5.77. The van der Waals surface area contributed by atoms with Gasteiger partial charge in [0.25, 0.3) is 5.91 Å². The van der Waals surface area contributed by atoms with E-state index < -0.39 is 5.91 Å². The number of ether oxygens (including phenoxy) is 1. The van der Waals surface area contributed by atoms with Crippen LogP contribution in [0.15, 0.2) is 29.8 Å². The number of hydrogen-bond donors (Lipinski definition) is 1. The maximum Gasteiger partial charge on any atom is 0.268 e. The number of benzene rings is 1. The fourth-order valence-corrected chi connectivity index (χ4v) is 4.94. The first kappa shape index (κ1) is 22.8. The van der Waals surface area contributed by atoms with Crippen LogP contribution in [-0.2, 0) is 4.79 Å². The van der Waals surface area contributed by atoms with Gasteiger partial charge in [-0.05, 0) is 62.6 Å². The van der Waals surface area contributed by atoms with Crippen LogP contribution < -0.4 is 15.0 Å². The van der Waals surface area contributed by atoms with Crippen molar-refractivity contribution >= 4 is 45.2 Å². The van der Waals surface area contributed by atoms with Crippen LogP contribution in [0.25, 0.3) is 11.8 Å². The Hall–Kier alpha value is -3.35. The Morgan fingerprint density at radius 1 is 1.27 bits per heavy atom. The van der Waals surface area contributed by atoms with Gasteiger partial charge in [-0.25, -0.2) is 0 Å². The summed E-state index contributed by atoms with van der Waals surface area (Å²) in [5, 5.41) is 22.2. The molecule has 1 saturated heterocycles. The van der Waals surface area contributed by atoms with E-state index in [0.717, 1.165) is 53.7 Å². The molecule has 0 radical (unpaired) electrons. The monoisotopic (exact) mass is 482 g/mol. The Balaban J connectivity index is 1.57. The minimum absolute atomic E-state index is 0.0130. The number of anilines is 2. The van der Waals surface area contributed by atoms with Crippen molar-refractivity contribution in [1.82, 2.24) is 14.8 Å². The molecule has 4 rings (SSSR count). The summed E-state index contributed by atoms with van der Waals surface area (Å²) in [5.74, 6) is 0.0786. The number of nitrogens with one attached hydrogen (secondary N) is 1. The van der Waals surface area contributed by atoms with Gasteiger partial charge in [0.15, 0.2) is 0 Å². The van der Waals surface area contributed by atoms with Gasteiger partial charge in [-0.1, -0.05) is 22.9 Å². The number of nitriles is 1. The fraction of sp³-hybridized carbons (Fsp3) is 0.304. The first-order valence-electron chi connectivity index (χ1n) is 10.5. The predicted molar refractivity (Wildman–Crippen MR) is 130 cm³/mol. The lowest BCUT2D eigenvalue weighted by atomic mass is 10.1. The van der Waals surface area contributed by atoms with Crippen LogP contribution in [-0.4, -0.2) is 40.9 Å². The molecule has 0 saturated carbocycles. The second-order valence-corrected chi connectivity index (χ2v) is 9.05. The minimum atomic E-state index is -0.515. The van der Waals surface area contributed by atoms with Crippen LogP contribution >= 0.6 is 22.9 Å². The highest BCUT2D eigenvalue weighted by Crippen LogP contribution is 2.30. The van der Waals surface area contributed by atoms with E-state index in [9.17, 15) is 10.1 Å². The van der Waals surface area contributed by atoms with E-state index in [1.54, 1.807) is 19.3 Å². The normalized spacial score (nSPS) is 13.8. The maximum absolute atomic E-state index is 12.8. The SMILES string of the molecule is COc1ccc(-n2c(C)cc(/C=C(/C#N)C(=O)Nc3nnc(N4CCCC4)s3)c2C)cc1Cl. The second-order valence-electron chi connectivity index (χ2n) is 7.69. The van der Waals surface area contributed by atoms with Crippen molar-refractivity contribution < 1.29 is 9.53 Å². The summed E-state index contributed by atoms with van der Waals surface area (Å²) in [5.41, 5.74) is 3.43. The lowest BCUT2D eigenvalue weighted by Gasteiger charge is -2.12. The first-order valence-corrected chi connectivity index (χ1v) is 11.6. The van der Waals surface area contributed by atoms with Gasteiger partial charge < -0.3 is 14.2 Å². The van der Waals surface area contributed by atoms with Crippen LogP contribution in [0.2, 0.25) is 5.02 Å². The van der Waals surface area contributed by atoms with E-state index in [4.69, 9.17) is 16.3 Å². The lowest BCUT2D eigenvalue weighted by molar-refractivity contribution is -0.112. The van der Waals surface area contributed by atoms with Crippen LogP contribution in [0.3, 0.4) is 0 Å². The van der Waals surface area contributed by atoms with Gasteiger partial charge in [-0.2, -0.15) is 5.26 Å². The number of nitrogens with zero attached hydrogens (tertiary/aromatic N) is 5. The zero-order valence-electron chi connectivity index (χ0n) is 18.6. The molecule has 3 aromatic rings. The molecule has 170 valence electrons. The quantitative estimate of drug-likeness (QED) is 0.402. The lowest BCUT2D eigenvalue weighted by Crippen LogP contribution is -2.17. The standard InChI is InChI=1S/C23H23ClN6O2S/c1-14-10-16(15(2)30(14)18-6-7-20(32-3)19(24)12-18)11-17(13-25)21(31)26-22-27-28-23(33-22)29-8-4-5-9-29/h6-7,10-12H,4-5,8-9H2,1-3H3,(H,26,27,31)/b17-11-. The van der Waals surface area contributed by atoms with Gasteiger partial charge in [0.1, 0.15) is 17.4 Å². The smallest absolute Gasteiger partial charge is 0.268 e. The van der Waals surface area contributed by atoms with Crippen molar-refractivity contribution in [3.8, 4) is 17.5 Å². The summed E-state index contributed by atoms with van der Waals surface area (Å²) >= 11 is 7.61. The van der Waals surface area contributed by atoms with Crippen molar-refractivity contribution in [3.05, 3.63) is 51.8 Å². The zero-order chi connectivity index (χ0) is 23.5. The molecule has 0 unspecified atom stereocenters. The number of halogens is 1. The summed E-state index contributed by atoms with van der Waals surface area (Å²) < 4.78 is 7.24. The fourth-order valence-electron chi connectivity index (χ4n) is 3.90. The molecule has 0 aliphatic carbocycles. The molecule has 33 heavy (non-hydrogen) atoms. The molecule has 1 aliphatic heterocycles. The highest BCUT2D eigenvalue weighted by atomic mass is 35.5. The van der Waals surface area contributed by atoms with E-state index >= 15 is 0 Å². The molecule has 1 N–H and O–H groups in total. The second kappa shape index (κ2) is 9.65. The third kappa shape index (κ3) is 4.72. The van der Waals surface area contributed by atoms with E-state index in [1.807, 2.05) is 42.7 Å². The van der Waals surface area contributed by atoms with Crippen molar-refractivity contribution in [2.45, 2.75) is 26.7 Å². The maximum atomic E-state index is 12.8. The van der Waals surface area contributed by atoms with E-state index in [2.05, 4.69) is 20.4 Å². The Morgan fingerprint density at radius 2 is 2.03 bits per heavy atom. The van der Waals surface area contributed by atoms with Gasteiger partial charge >= 0.3 is 0 Å². The van der Waals surface area contributed by atoms with Gasteiger partial charge in [0.05, 0.1) is 12.1 Å². The highest BCUT2D eigenvalue weighted by molar-refractivity contribution is 7.19. The third-order valence-corrected chi connectivity index (χ3v) is 6.74. The Kier molecular flexibility index (Phi) is 6.67. The predicted octanol–water partition coefficient (Wildman–Crippen LogP) is 4.75. The number of carbonyl (C=O) groups excluding carboxylic acids is 1. The highest BCUT2D eigenvalue weighted by Gasteiger charge is 2.19. The molecule has 1 aromatic carbocycles. The molecule has 8 nitrogen and oxygen atoms in total. The summed E-state index contributed by atoms with van der Waals surface area (Å²) in [7, 11) is 1.57. The van der Waals surface area contributed by atoms with E-state index in [1.165, 1.54) is 11.3 Å². The van der Waals surface area contributed by atoms with Gasteiger partial charge in [-0.3, -0.25) is 10.1 Å². The van der Waals surface area contributed by atoms with E-state index in [-0.39, 0.29) is 5.57 Å². The molecule has 0 bridgehead atoms. The molecule has 3 heterocycles. The molecule has 1 fully saturated rings. The van der Waals surface area contributed by atoms with Crippen molar-refractivity contribution in [1.29, 1.82) is 5.26 Å². The minimum Gasteiger partial charge on any atom is -0.495 e. The van der Waals surface area contributed by atoms with Crippen molar-refractivity contribution in [3.63, 3.8) is 0 Å².